The van der Waals surface area contributed by atoms with E-state index in [9.17, 15) is 0 Å². The van der Waals surface area contributed by atoms with Gasteiger partial charge in [-0.2, -0.15) is 0 Å². The van der Waals surface area contributed by atoms with Gasteiger partial charge in [0.25, 0.3) is 0 Å². The summed E-state index contributed by atoms with van der Waals surface area (Å²) in [7, 11) is 3.66. The lowest BCUT2D eigenvalue weighted by atomic mass is 10.1. The van der Waals surface area contributed by atoms with Crippen molar-refractivity contribution < 1.29 is 4.74 Å². The summed E-state index contributed by atoms with van der Waals surface area (Å²) in [4.78, 5) is 6.52. The molecule has 2 rings (SSSR count). The smallest absolute Gasteiger partial charge is 0.132 e. The predicted molar refractivity (Wildman–Crippen MR) is 82.6 cm³/mol. The van der Waals surface area contributed by atoms with E-state index in [0.717, 1.165) is 29.2 Å². The molecule has 0 saturated carbocycles. The lowest BCUT2D eigenvalue weighted by Gasteiger charge is -2.19. The quantitative estimate of drug-likeness (QED) is 0.908. The van der Waals surface area contributed by atoms with Crippen LogP contribution in [0.15, 0.2) is 42.6 Å². The van der Waals surface area contributed by atoms with Gasteiger partial charge in [0.15, 0.2) is 0 Å². The fourth-order valence-corrected chi connectivity index (χ4v) is 2.06. The first-order chi connectivity index (χ1) is 9.60. The number of anilines is 2. The molecule has 0 aliphatic rings. The number of rotatable bonds is 5. The maximum atomic E-state index is 5.79. The lowest BCUT2D eigenvalue weighted by Crippen LogP contribution is -2.18. The van der Waals surface area contributed by atoms with Crippen LogP contribution in [0.1, 0.15) is 12.5 Å². The highest BCUT2D eigenvalue weighted by Gasteiger charge is 2.07. The van der Waals surface area contributed by atoms with E-state index < -0.39 is 0 Å². The van der Waals surface area contributed by atoms with Crippen molar-refractivity contribution >= 4 is 11.5 Å². The molecule has 0 fully saturated rings. The third-order valence-electron chi connectivity index (χ3n) is 3.15. The summed E-state index contributed by atoms with van der Waals surface area (Å²) >= 11 is 0. The zero-order valence-corrected chi connectivity index (χ0v) is 12.2. The first-order valence-electron chi connectivity index (χ1n) is 6.68. The maximum absolute atomic E-state index is 5.79. The summed E-state index contributed by atoms with van der Waals surface area (Å²) in [5.74, 6) is 1.73. The number of hydrogen-bond acceptors (Lipinski definition) is 4. The standard InChI is InChI=1S/C16H21N3O/c1-12(17)9-13-7-8-16(18-11-13)19(2)14-5-4-6-15(10-14)20-3/h4-8,10-12H,9,17H2,1-3H3. The molecular weight excluding hydrogens is 250 g/mol. The Morgan fingerprint density at radius 2 is 2.10 bits per heavy atom. The molecule has 0 amide bonds. The van der Waals surface area contributed by atoms with Crippen LogP contribution in [-0.4, -0.2) is 25.2 Å². The lowest BCUT2D eigenvalue weighted by molar-refractivity contribution is 0.415. The number of nitrogens with two attached hydrogens (primary N) is 1. The van der Waals surface area contributed by atoms with Crippen LogP contribution >= 0.6 is 0 Å². The fourth-order valence-electron chi connectivity index (χ4n) is 2.06. The summed E-state index contributed by atoms with van der Waals surface area (Å²) < 4.78 is 5.24. The van der Waals surface area contributed by atoms with Crippen LogP contribution in [0.2, 0.25) is 0 Å². The van der Waals surface area contributed by atoms with Crippen LogP contribution in [0, 0.1) is 0 Å². The van der Waals surface area contributed by atoms with Gasteiger partial charge in [-0.05, 0) is 37.1 Å². The van der Waals surface area contributed by atoms with Crippen molar-refractivity contribution in [2.45, 2.75) is 19.4 Å². The normalized spacial score (nSPS) is 12.0. The van der Waals surface area contributed by atoms with Gasteiger partial charge >= 0.3 is 0 Å². The second-order valence-corrected chi connectivity index (χ2v) is 4.97. The van der Waals surface area contributed by atoms with Crippen molar-refractivity contribution in [3.8, 4) is 5.75 Å². The Morgan fingerprint density at radius 3 is 2.70 bits per heavy atom. The average Bonchev–Trinajstić information content (AvgIpc) is 2.47. The monoisotopic (exact) mass is 271 g/mol. The molecule has 1 heterocycles. The molecule has 0 aliphatic heterocycles. The maximum Gasteiger partial charge on any atom is 0.132 e. The van der Waals surface area contributed by atoms with Gasteiger partial charge in [-0.15, -0.1) is 0 Å². The molecule has 0 spiro atoms. The highest BCUT2D eigenvalue weighted by Crippen LogP contribution is 2.25. The molecule has 106 valence electrons. The van der Waals surface area contributed by atoms with Crippen LogP contribution in [0.4, 0.5) is 11.5 Å². The molecule has 0 saturated heterocycles. The van der Waals surface area contributed by atoms with Crippen LogP contribution in [0.3, 0.4) is 0 Å². The molecule has 1 aromatic heterocycles. The molecular formula is C16H21N3O. The number of pyridine rings is 1. The largest absolute Gasteiger partial charge is 0.497 e. The Bertz CT molecular complexity index is 552. The number of ether oxygens (including phenoxy) is 1. The van der Waals surface area contributed by atoms with Gasteiger partial charge in [0.1, 0.15) is 11.6 Å². The Labute approximate surface area is 120 Å². The van der Waals surface area contributed by atoms with Crippen molar-refractivity contribution in [3.63, 3.8) is 0 Å². The number of nitrogens with zero attached hydrogens (tertiary/aromatic N) is 2. The molecule has 1 aromatic carbocycles. The van der Waals surface area contributed by atoms with Gasteiger partial charge < -0.3 is 15.4 Å². The van der Waals surface area contributed by atoms with Gasteiger partial charge in [0, 0.05) is 31.0 Å². The highest BCUT2D eigenvalue weighted by molar-refractivity contribution is 5.60. The molecule has 2 aromatic rings. The van der Waals surface area contributed by atoms with Gasteiger partial charge in [-0.1, -0.05) is 12.1 Å². The molecule has 1 unspecified atom stereocenters. The zero-order valence-electron chi connectivity index (χ0n) is 12.2. The molecule has 0 bridgehead atoms. The number of methoxy groups -OCH3 is 1. The molecule has 2 N–H and O–H groups in total. The SMILES string of the molecule is COc1cccc(N(C)c2ccc(CC(C)N)cn2)c1. The average molecular weight is 271 g/mol. The van der Waals surface area contributed by atoms with Crippen LogP contribution < -0.4 is 15.4 Å². The van der Waals surface area contributed by atoms with Crippen LogP contribution in [0.5, 0.6) is 5.75 Å². The van der Waals surface area contributed by atoms with E-state index in [-0.39, 0.29) is 6.04 Å². The highest BCUT2D eigenvalue weighted by atomic mass is 16.5. The Hall–Kier alpha value is -2.07. The fraction of sp³-hybridized carbons (Fsp3) is 0.312. The van der Waals surface area contributed by atoms with E-state index >= 15 is 0 Å². The molecule has 0 aliphatic carbocycles. The van der Waals surface area contributed by atoms with E-state index in [2.05, 4.69) is 11.1 Å². The summed E-state index contributed by atoms with van der Waals surface area (Å²) in [5, 5.41) is 0. The minimum absolute atomic E-state index is 0.152. The Kier molecular flexibility index (Phi) is 4.58. The molecule has 0 radical (unpaired) electrons. The second-order valence-electron chi connectivity index (χ2n) is 4.97. The van der Waals surface area contributed by atoms with E-state index in [1.165, 1.54) is 0 Å². The third-order valence-corrected chi connectivity index (χ3v) is 3.15. The number of aromatic nitrogens is 1. The molecule has 4 heteroatoms. The van der Waals surface area contributed by atoms with Crippen molar-refractivity contribution in [3.05, 3.63) is 48.2 Å². The molecule has 1 atom stereocenters. The molecule has 4 nitrogen and oxygen atoms in total. The van der Waals surface area contributed by atoms with Crippen molar-refractivity contribution in [1.82, 2.24) is 4.98 Å². The summed E-state index contributed by atoms with van der Waals surface area (Å²) in [6.07, 6.45) is 2.73. The van der Waals surface area contributed by atoms with Gasteiger partial charge in [-0.25, -0.2) is 4.98 Å². The van der Waals surface area contributed by atoms with Crippen molar-refractivity contribution in [1.29, 1.82) is 0 Å². The Morgan fingerprint density at radius 1 is 1.30 bits per heavy atom. The topological polar surface area (TPSA) is 51.4 Å². The van der Waals surface area contributed by atoms with Crippen molar-refractivity contribution in [2.24, 2.45) is 5.73 Å². The van der Waals surface area contributed by atoms with Gasteiger partial charge in [0.05, 0.1) is 7.11 Å². The predicted octanol–water partition coefficient (Wildman–Crippen LogP) is 2.75. The van der Waals surface area contributed by atoms with E-state index in [1.54, 1.807) is 7.11 Å². The van der Waals surface area contributed by atoms with Gasteiger partial charge in [-0.3, -0.25) is 0 Å². The first-order valence-corrected chi connectivity index (χ1v) is 6.68. The van der Waals surface area contributed by atoms with Crippen LogP contribution in [0.25, 0.3) is 0 Å². The summed E-state index contributed by atoms with van der Waals surface area (Å²) in [5.41, 5.74) is 7.99. The number of benzene rings is 1. The van der Waals surface area contributed by atoms with E-state index in [4.69, 9.17) is 10.5 Å². The first kappa shape index (κ1) is 14.3. The minimum atomic E-state index is 0.152. The minimum Gasteiger partial charge on any atom is -0.497 e. The van der Waals surface area contributed by atoms with Crippen molar-refractivity contribution in [2.75, 3.05) is 19.1 Å². The summed E-state index contributed by atoms with van der Waals surface area (Å²) in [6, 6.07) is 12.1. The zero-order chi connectivity index (χ0) is 14.5. The van der Waals surface area contributed by atoms with Crippen LogP contribution in [-0.2, 0) is 6.42 Å². The number of hydrogen-bond donors (Lipinski definition) is 1. The second kappa shape index (κ2) is 6.39. The van der Waals surface area contributed by atoms with E-state index in [1.807, 2.05) is 55.4 Å². The molecule has 20 heavy (non-hydrogen) atoms. The third kappa shape index (κ3) is 3.48. The summed E-state index contributed by atoms with van der Waals surface area (Å²) in [6.45, 7) is 2.00. The Balaban J connectivity index is 2.17. The van der Waals surface area contributed by atoms with E-state index in [0.29, 0.717) is 0 Å². The van der Waals surface area contributed by atoms with Gasteiger partial charge in [0.2, 0.25) is 0 Å².